The Hall–Kier alpha value is -1.59. The van der Waals surface area contributed by atoms with E-state index >= 15 is 0 Å². The molecule has 1 saturated heterocycles. The van der Waals surface area contributed by atoms with Gasteiger partial charge in [-0.15, -0.1) is 0 Å². The summed E-state index contributed by atoms with van der Waals surface area (Å²) in [5, 5.41) is 2.99. The minimum Gasteiger partial charge on any atom is -0.491 e. The molecule has 1 amide bonds. The van der Waals surface area contributed by atoms with Crippen molar-refractivity contribution in [3.05, 3.63) is 29.8 Å². The molecular formula is C18H29N3O2. The van der Waals surface area contributed by atoms with Crippen LogP contribution in [0.1, 0.15) is 30.6 Å². The number of carbonyl (C=O) groups excluding carboxylic acids is 1. The van der Waals surface area contributed by atoms with Gasteiger partial charge in [0.25, 0.3) is 5.91 Å². The van der Waals surface area contributed by atoms with E-state index in [1.165, 1.54) is 0 Å². The lowest BCUT2D eigenvalue weighted by Gasteiger charge is -2.32. The van der Waals surface area contributed by atoms with E-state index in [4.69, 9.17) is 4.74 Å². The van der Waals surface area contributed by atoms with Gasteiger partial charge in [0.2, 0.25) is 0 Å². The summed E-state index contributed by atoms with van der Waals surface area (Å²) in [7, 11) is 2.16. The number of piperazine rings is 1. The Bertz CT molecular complexity index is 480. The summed E-state index contributed by atoms with van der Waals surface area (Å²) in [6.45, 7) is 10.3. The molecule has 0 atom stereocenters. The van der Waals surface area contributed by atoms with E-state index in [1.807, 2.05) is 38.1 Å². The van der Waals surface area contributed by atoms with Gasteiger partial charge in [-0.1, -0.05) is 0 Å². The summed E-state index contributed by atoms with van der Waals surface area (Å²) in [6, 6.07) is 7.32. The number of hydrogen-bond acceptors (Lipinski definition) is 4. The summed E-state index contributed by atoms with van der Waals surface area (Å²) in [4.78, 5) is 16.9. The molecule has 1 aliphatic heterocycles. The molecule has 0 radical (unpaired) electrons. The normalized spacial score (nSPS) is 16.5. The summed E-state index contributed by atoms with van der Waals surface area (Å²) >= 11 is 0. The van der Waals surface area contributed by atoms with Gasteiger partial charge in [-0.25, -0.2) is 0 Å². The predicted octanol–water partition coefficient (Wildman–Crippen LogP) is 1.84. The van der Waals surface area contributed by atoms with Crippen molar-refractivity contribution in [2.75, 3.05) is 46.3 Å². The first kappa shape index (κ1) is 17.8. The van der Waals surface area contributed by atoms with E-state index in [0.29, 0.717) is 5.56 Å². The topological polar surface area (TPSA) is 44.8 Å². The van der Waals surface area contributed by atoms with Crippen molar-refractivity contribution in [2.24, 2.45) is 0 Å². The van der Waals surface area contributed by atoms with Gasteiger partial charge >= 0.3 is 0 Å². The van der Waals surface area contributed by atoms with Gasteiger partial charge < -0.3 is 19.9 Å². The highest BCUT2D eigenvalue weighted by Gasteiger charge is 2.13. The molecule has 1 N–H and O–H groups in total. The van der Waals surface area contributed by atoms with Crippen molar-refractivity contribution >= 4 is 5.91 Å². The number of amides is 1. The van der Waals surface area contributed by atoms with Gasteiger partial charge in [-0.05, 0) is 58.1 Å². The Morgan fingerprint density at radius 3 is 2.43 bits per heavy atom. The van der Waals surface area contributed by atoms with Crippen LogP contribution < -0.4 is 10.1 Å². The first-order valence-electron chi connectivity index (χ1n) is 8.50. The molecule has 1 aliphatic rings. The van der Waals surface area contributed by atoms with Gasteiger partial charge in [0.05, 0.1) is 6.10 Å². The first-order valence-corrected chi connectivity index (χ1v) is 8.50. The summed E-state index contributed by atoms with van der Waals surface area (Å²) in [5.74, 6) is 0.783. The Morgan fingerprint density at radius 1 is 1.17 bits per heavy atom. The number of nitrogens with zero attached hydrogens (tertiary/aromatic N) is 2. The van der Waals surface area contributed by atoms with Crippen LogP contribution in [0.3, 0.4) is 0 Å². The molecule has 1 heterocycles. The van der Waals surface area contributed by atoms with Crippen LogP contribution in [0.4, 0.5) is 0 Å². The van der Waals surface area contributed by atoms with E-state index in [9.17, 15) is 4.79 Å². The lowest BCUT2D eigenvalue weighted by atomic mass is 10.2. The molecule has 1 aromatic carbocycles. The molecule has 0 bridgehead atoms. The maximum Gasteiger partial charge on any atom is 0.251 e. The molecule has 0 aromatic heterocycles. The maximum atomic E-state index is 12.1. The fourth-order valence-electron chi connectivity index (χ4n) is 2.64. The molecule has 2 rings (SSSR count). The smallest absolute Gasteiger partial charge is 0.251 e. The molecule has 0 aliphatic carbocycles. The Kier molecular flexibility index (Phi) is 6.86. The number of benzene rings is 1. The fraction of sp³-hybridized carbons (Fsp3) is 0.611. The molecule has 1 aromatic rings. The highest BCUT2D eigenvalue weighted by atomic mass is 16.5. The number of rotatable bonds is 7. The van der Waals surface area contributed by atoms with Gasteiger partial charge in [0.15, 0.2) is 0 Å². The van der Waals surface area contributed by atoms with E-state index in [-0.39, 0.29) is 12.0 Å². The highest BCUT2D eigenvalue weighted by Crippen LogP contribution is 2.13. The lowest BCUT2D eigenvalue weighted by Crippen LogP contribution is -2.45. The van der Waals surface area contributed by atoms with Crippen LogP contribution in [0, 0.1) is 0 Å². The predicted molar refractivity (Wildman–Crippen MR) is 93.1 cm³/mol. The average molecular weight is 319 g/mol. The van der Waals surface area contributed by atoms with E-state index < -0.39 is 0 Å². The second-order valence-electron chi connectivity index (χ2n) is 6.45. The Morgan fingerprint density at radius 2 is 1.83 bits per heavy atom. The first-order chi connectivity index (χ1) is 11.0. The third-order valence-electron chi connectivity index (χ3n) is 4.02. The number of hydrogen-bond donors (Lipinski definition) is 1. The zero-order valence-electron chi connectivity index (χ0n) is 14.5. The Labute approximate surface area is 139 Å². The second kappa shape index (κ2) is 8.89. The molecule has 128 valence electrons. The van der Waals surface area contributed by atoms with Gasteiger partial charge in [0.1, 0.15) is 5.75 Å². The quantitative estimate of drug-likeness (QED) is 0.779. The standard InChI is InChI=1S/C18H29N3O2/c1-15(2)23-17-7-5-16(6-8-17)18(22)19-9-4-10-21-13-11-20(3)12-14-21/h5-8,15H,4,9-14H2,1-3H3,(H,19,22). The van der Waals surface area contributed by atoms with Crippen molar-refractivity contribution in [1.82, 2.24) is 15.1 Å². The van der Waals surface area contributed by atoms with Crippen LogP contribution in [0.15, 0.2) is 24.3 Å². The average Bonchev–Trinajstić information content (AvgIpc) is 2.53. The van der Waals surface area contributed by atoms with E-state index in [0.717, 1.165) is 51.4 Å². The molecule has 0 saturated carbocycles. The molecular weight excluding hydrogens is 290 g/mol. The van der Waals surface area contributed by atoms with Crippen LogP contribution in [0.2, 0.25) is 0 Å². The maximum absolute atomic E-state index is 12.1. The van der Waals surface area contributed by atoms with Crippen LogP contribution in [-0.4, -0.2) is 68.1 Å². The Balaban J connectivity index is 1.66. The van der Waals surface area contributed by atoms with Crippen molar-refractivity contribution in [3.8, 4) is 5.75 Å². The monoisotopic (exact) mass is 319 g/mol. The van der Waals surface area contributed by atoms with E-state index in [2.05, 4.69) is 22.2 Å². The minimum atomic E-state index is -0.0144. The summed E-state index contributed by atoms with van der Waals surface area (Å²) in [6.07, 6.45) is 1.13. The third kappa shape index (κ3) is 6.20. The molecule has 1 fully saturated rings. The number of ether oxygens (including phenoxy) is 1. The van der Waals surface area contributed by atoms with Gasteiger partial charge in [0, 0.05) is 38.3 Å². The fourth-order valence-corrected chi connectivity index (χ4v) is 2.64. The van der Waals surface area contributed by atoms with E-state index in [1.54, 1.807) is 0 Å². The van der Waals surface area contributed by atoms with Crippen LogP contribution in [-0.2, 0) is 0 Å². The van der Waals surface area contributed by atoms with Crippen LogP contribution >= 0.6 is 0 Å². The number of likely N-dealkylation sites (N-methyl/N-ethyl adjacent to an activating group) is 1. The largest absolute Gasteiger partial charge is 0.491 e. The molecule has 23 heavy (non-hydrogen) atoms. The third-order valence-corrected chi connectivity index (χ3v) is 4.02. The molecule has 5 heteroatoms. The van der Waals surface area contributed by atoms with Crippen molar-refractivity contribution in [2.45, 2.75) is 26.4 Å². The summed E-state index contributed by atoms with van der Waals surface area (Å²) in [5.41, 5.74) is 0.681. The van der Waals surface area contributed by atoms with Crippen molar-refractivity contribution in [3.63, 3.8) is 0 Å². The molecule has 0 unspecified atom stereocenters. The molecule has 0 spiro atoms. The zero-order valence-corrected chi connectivity index (χ0v) is 14.5. The van der Waals surface area contributed by atoms with Crippen LogP contribution in [0.25, 0.3) is 0 Å². The van der Waals surface area contributed by atoms with Gasteiger partial charge in [-0.2, -0.15) is 0 Å². The van der Waals surface area contributed by atoms with Crippen molar-refractivity contribution in [1.29, 1.82) is 0 Å². The number of carbonyl (C=O) groups is 1. The molecule has 5 nitrogen and oxygen atoms in total. The highest BCUT2D eigenvalue weighted by molar-refractivity contribution is 5.94. The zero-order chi connectivity index (χ0) is 16.7. The lowest BCUT2D eigenvalue weighted by molar-refractivity contribution is 0.0949. The summed E-state index contributed by atoms with van der Waals surface area (Å²) < 4.78 is 5.58. The second-order valence-corrected chi connectivity index (χ2v) is 6.45. The van der Waals surface area contributed by atoms with Crippen molar-refractivity contribution < 1.29 is 9.53 Å². The van der Waals surface area contributed by atoms with Gasteiger partial charge in [-0.3, -0.25) is 4.79 Å². The minimum absolute atomic E-state index is 0.0144. The SMILES string of the molecule is CC(C)Oc1ccc(C(=O)NCCCN2CCN(C)CC2)cc1. The number of nitrogens with one attached hydrogen (secondary N) is 1. The van der Waals surface area contributed by atoms with Crippen LogP contribution in [0.5, 0.6) is 5.75 Å².